The molecule has 0 bridgehead atoms. The van der Waals surface area contributed by atoms with E-state index in [0.717, 1.165) is 32.3 Å². The van der Waals surface area contributed by atoms with Gasteiger partial charge in [-0.2, -0.15) is 0 Å². The molecule has 0 aromatic rings. The van der Waals surface area contributed by atoms with Gasteiger partial charge in [-0.25, -0.2) is 0 Å². The van der Waals surface area contributed by atoms with E-state index < -0.39 is 11.4 Å². The van der Waals surface area contributed by atoms with Gasteiger partial charge >= 0.3 is 5.97 Å². The summed E-state index contributed by atoms with van der Waals surface area (Å²) in [6.45, 7) is 2.20. The van der Waals surface area contributed by atoms with Gasteiger partial charge in [-0.3, -0.25) is 9.59 Å². The maximum Gasteiger partial charge on any atom is 0.310 e. The Bertz CT molecular complexity index is 357. The Morgan fingerprint density at radius 1 is 1.30 bits per heavy atom. The van der Waals surface area contributed by atoms with Crippen molar-refractivity contribution in [1.82, 2.24) is 4.90 Å². The van der Waals surface area contributed by atoms with Gasteiger partial charge in [-0.1, -0.05) is 12.8 Å². The molecule has 1 N–H and O–H groups in total. The molecular weight excluding hydrogens is 258 g/mol. The van der Waals surface area contributed by atoms with E-state index in [9.17, 15) is 14.7 Å². The van der Waals surface area contributed by atoms with Crippen molar-refractivity contribution in [3.63, 3.8) is 0 Å². The van der Waals surface area contributed by atoms with E-state index in [1.807, 2.05) is 0 Å². The number of ether oxygens (including phenoxy) is 1. The first-order chi connectivity index (χ1) is 9.53. The Balaban J connectivity index is 1.87. The highest BCUT2D eigenvalue weighted by Crippen LogP contribution is 2.41. The zero-order valence-electron chi connectivity index (χ0n) is 12.3. The third kappa shape index (κ3) is 3.51. The van der Waals surface area contributed by atoms with Gasteiger partial charge in [0.05, 0.1) is 12.0 Å². The summed E-state index contributed by atoms with van der Waals surface area (Å²) in [6, 6.07) is 0. The van der Waals surface area contributed by atoms with Gasteiger partial charge in [0.25, 0.3) is 0 Å². The number of nitrogens with zero attached hydrogens (tertiary/aromatic N) is 1. The molecule has 0 aromatic carbocycles. The first-order valence-electron chi connectivity index (χ1n) is 7.59. The van der Waals surface area contributed by atoms with Gasteiger partial charge in [0.2, 0.25) is 5.91 Å². The van der Waals surface area contributed by atoms with Crippen molar-refractivity contribution < 1.29 is 19.4 Å². The van der Waals surface area contributed by atoms with Crippen LogP contribution < -0.4 is 0 Å². The number of carbonyl (C=O) groups is 2. The second-order valence-electron chi connectivity index (χ2n) is 6.33. The molecule has 1 saturated carbocycles. The molecule has 5 heteroatoms. The molecule has 1 heterocycles. The van der Waals surface area contributed by atoms with Crippen LogP contribution in [0, 0.1) is 11.3 Å². The second-order valence-corrected chi connectivity index (χ2v) is 6.33. The first-order valence-corrected chi connectivity index (χ1v) is 7.59. The molecule has 5 nitrogen and oxygen atoms in total. The van der Waals surface area contributed by atoms with Crippen LogP contribution in [0.3, 0.4) is 0 Å². The monoisotopic (exact) mass is 283 g/mol. The van der Waals surface area contributed by atoms with Crippen molar-refractivity contribution in [1.29, 1.82) is 0 Å². The molecule has 2 fully saturated rings. The van der Waals surface area contributed by atoms with E-state index in [0.29, 0.717) is 31.9 Å². The summed E-state index contributed by atoms with van der Waals surface area (Å²) in [4.78, 5) is 25.5. The molecule has 0 radical (unpaired) electrons. The predicted molar refractivity (Wildman–Crippen MR) is 74.3 cm³/mol. The van der Waals surface area contributed by atoms with E-state index in [4.69, 9.17) is 4.74 Å². The third-order valence-corrected chi connectivity index (χ3v) is 4.72. The van der Waals surface area contributed by atoms with Crippen LogP contribution in [0.4, 0.5) is 0 Å². The molecular formula is C15H25NO4. The molecule has 1 amide bonds. The Morgan fingerprint density at radius 3 is 2.55 bits per heavy atom. The van der Waals surface area contributed by atoms with Crippen LogP contribution in [0.5, 0.6) is 0 Å². The minimum Gasteiger partial charge on any atom is -0.481 e. The molecule has 0 aromatic heterocycles. The van der Waals surface area contributed by atoms with E-state index in [-0.39, 0.29) is 12.3 Å². The van der Waals surface area contributed by atoms with Crippen LogP contribution in [-0.4, -0.2) is 48.7 Å². The number of carbonyl (C=O) groups excluding carboxylic acids is 1. The van der Waals surface area contributed by atoms with Crippen LogP contribution in [0.1, 0.15) is 44.9 Å². The Hall–Kier alpha value is -1.10. The number of hydrogen-bond acceptors (Lipinski definition) is 3. The lowest BCUT2D eigenvalue weighted by Crippen LogP contribution is -2.39. The second kappa shape index (κ2) is 6.57. The largest absolute Gasteiger partial charge is 0.481 e. The molecule has 1 aliphatic heterocycles. The Morgan fingerprint density at radius 2 is 2.00 bits per heavy atom. The highest BCUT2D eigenvalue weighted by molar-refractivity contribution is 5.85. The minimum absolute atomic E-state index is 0.0418. The first kappa shape index (κ1) is 15.3. The molecule has 2 rings (SSSR count). The van der Waals surface area contributed by atoms with Gasteiger partial charge in [0, 0.05) is 26.6 Å². The molecule has 1 unspecified atom stereocenters. The average Bonchev–Trinajstić information content (AvgIpc) is 2.89. The maximum absolute atomic E-state index is 12.3. The van der Waals surface area contributed by atoms with Crippen LogP contribution in [0.15, 0.2) is 0 Å². The zero-order valence-corrected chi connectivity index (χ0v) is 12.3. The molecule has 1 atom stereocenters. The molecule has 2 aliphatic rings. The number of hydrogen-bond donors (Lipinski definition) is 1. The summed E-state index contributed by atoms with van der Waals surface area (Å²) in [7, 11) is 1.78. The molecule has 1 aliphatic carbocycles. The van der Waals surface area contributed by atoms with Crippen molar-refractivity contribution in [3.8, 4) is 0 Å². The maximum atomic E-state index is 12.3. The van der Waals surface area contributed by atoms with E-state index in [2.05, 4.69) is 0 Å². The lowest BCUT2D eigenvalue weighted by atomic mass is 9.82. The standard InChI is InChI=1S/C15H25NO4/c1-16(10-12-5-4-8-20-11-12)13(17)9-15(14(18)19)6-2-3-7-15/h12H,2-11H2,1H3,(H,18,19). The van der Waals surface area contributed by atoms with Crippen molar-refractivity contribution >= 4 is 11.9 Å². The van der Waals surface area contributed by atoms with Crippen LogP contribution >= 0.6 is 0 Å². The molecule has 1 saturated heterocycles. The minimum atomic E-state index is -0.811. The van der Waals surface area contributed by atoms with E-state index >= 15 is 0 Å². The topological polar surface area (TPSA) is 66.8 Å². The predicted octanol–water partition coefficient (Wildman–Crippen LogP) is 1.91. The van der Waals surface area contributed by atoms with Crippen molar-refractivity contribution in [2.75, 3.05) is 26.8 Å². The van der Waals surface area contributed by atoms with Crippen molar-refractivity contribution in [2.45, 2.75) is 44.9 Å². The fourth-order valence-corrected chi connectivity index (χ4v) is 3.38. The highest BCUT2D eigenvalue weighted by atomic mass is 16.5. The van der Waals surface area contributed by atoms with Crippen LogP contribution in [0.25, 0.3) is 0 Å². The van der Waals surface area contributed by atoms with Gasteiger partial charge in [-0.05, 0) is 31.6 Å². The Kier molecular flexibility index (Phi) is 5.02. The smallest absolute Gasteiger partial charge is 0.310 e. The fraction of sp³-hybridized carbons (Fsp3) is 0.867. The number of carboxylic acids is 1. The third-order valence-electron chi connectivity index (χ3n) is 4.72. The summed E-state index contributed by atoms with van der Waals surface area (Å²) < 4.78 is 5.42. The van der Waals surface area contributed by atoms with E-state index in [1.54, 1.807) is 11.9 Å². The van der Waals surface area contributed by atoms with Gasteiger partial charge < -0.3 is 14.7 Å². The highest BCUT2D eigenvalue weighted by Gasteiger charge is 2.43. The summed E-state index contributed by atoms with van der Waals surface area (Å²) in [5.41, 5.74) is -0.811. The van der Waals surface area contributed by atoms with Crippen molar-refractivity contribution in [3.05, 3.63) is 0 Å². The Labute approximate surface area is 120 Å². The number of rotatable bonds is 5. The fourth-order valence-electron chi connectivity index (χ4n) is 3.38. The van der Waals surface area contributed by atoms with Crippen LogP contribution in [0.2, 0.25) is 0 Å². The SMILES string of the molecule is CN(CC1CCCOC1)C(=O)CC1(C(=O)O)CCCC1. The van der Waals surface area contributed by atoms with Gasteiger partial charge in [0.15, 0.2) is 0 Å². The molecule has 20 heavy (non-hydrogen) atoms. The van der Waals surface area contributed by atoms with Crippen LogP contribution in [-0.2, 0) is 14.3 Å². The summed E-state index contributed by atoms with van der Waals surface area (Å²) in [5.74, 6) is -0.459. The summed E-state index contributed by atoms with van der Waals surface area (Å²) in [5, 5.41) is 9.43. The number of aliphatic carboxylic acids is 1. The zero-order chi connectivity index (χ0) is 14.6. The summed E-state index contributed by atoms with van der Waals surface area (Å²) in [6.07, 6.45) is 5.38. The number of amides is 1. The summed E-state index contributed by atoms with van der Waals surface area (Å²) >= 11 is 0. The van der Waals surface area contributed by atoms with Gasteiger partial charge in [-0.15, -0.1) is 0 Å². The van der Waals surface area contributed by atoms with Gasteiger partial charge in [0.1, 0.15) is 0 Å². The number of carboxylic acid groups (broad SMARTS) is 1. The van der Waals surface area contributed by atoms with E-state index in [1.165, 1.54) is 0 Å². The lowest BCUT2D eigenvalue weighted by Gasteiger charge is -2.30. The lowest BCUT2D eigenvalue weighted by molar-refractivity contribution is -0.153. The molecule has 0 spiro atoms. The normalized spacial score (nSPS) is 25.4. The molecule has 114 valence electrons. The average molecular weight is 283 g/mol. The quantitative estimate of drug-likeness (QED) is 0.837. The van der Waals surface area contributed by atoms with Crippen molar-refractivity contribution in [2.24, 2.45) is 11.3 Å².